The highest BCUT2D eigenvalue weighted by Crippen LogP contribution is 2.39. The molecular formula is C16H24N4. The Labute approximate surface area is 121 Å². The second kappa shape index (κ2) is 6.21. The van der Waals surface area contributed by atoms with Gasteiger partial charge in [0.15, 0.2) is 5.69 Å². The van der Waals surface area contributed by atoms with Crippen molar-refractivity contribution in [3.8, 4) is 6.07 Å². The molecule has 0 atom stereocenters. The van der Waals surface area contributed by atoms with Gasteiger partial charge in [0.1, 0.15) is 11.9 Å². The number of hydrogen-bond acceptors (Lipinski definition) is 4. The van der Waals surface area contributed by atoms with Crippen molar-refractivity contribution >= 4 is 5.82 Å². The Balaban J connectivity index is 1.77. The van der Waals surface area contributed by atoms with Gasteiger partial charge in [0.2, 0.25) is 0 Å². The van der Waals surface area contributed by atoms with Crippen LogP contribution in [0.25, 0.3) is 0 Å². The summed E-state index contributed by atoms with van der Waals surface area (Å²) < 4.78 is 0. The average Bonchev–Trinajstić information content (AvgIpc) is 2.45. The van der Waals surface area contributed by atoms with Crippen LogP contribution in [0, 0.1) is 28.6 Å². The normalized spacial score (nSPS) is 23.1. The van der Waals surface area contributed by atoms with Crippen LogP contribution in [0.1, 0.15) is 52.1 Å². The topological polar surface area (TPSA) is 61.6 Å². The van der Waals surface area contributed by atoms with Crippen molar-refractivity contribution < 1.29 is 0 Å². The fraction of sp³-hybridized carbons (Fsp3) is 0.688. The minimum atomic E-state index is 0.362. The van der Waals surface area contributed by atoms with E-state index in [4.69, 9.17) is 5.26 Å². The molecular weight excluding hydrogens is 248 g/mol. The molecule has 108 valence electrons. The first-order chi connectivity index (χ1) is 9.49. The largest absolute Gasteiger partial charge is 0.368 e. The summed E-state index contributed by atoms with van der Waals surface area (Å²) in [5.74, 6) is 2.35. The quantitative estimate of drug-likeness (QED) is 0.913. The highest BCUT2D eigenvalue weighted by atomic mass is 15.2. The van der Waals surface area contributed by atoms with E-state index in [2.05, 4.69) is 36.3 Å². The molecule has 0 bridgehead atoms. The number of anilines is 1. The Hall–Kier alpha value is -1.63. The summed E-state index contributed by atoms with van der Waals surface area (Å²) in [5.41, 5.74) is 0.804. The summed E-state index contributed by atoms with van der Waals surface area (Å²) >= 11 is 0. The number of nitriles is 1. The number of hydrogen-bond donors (Lipinski definition) is 1. The van der Waals surface area contributed by atoms with Gasteiger partial charge >= 0.3 is 0 Å². The summed E-state index contributed by atoms with van der Waals surface area (Å²) in [6.45, 7) is 8.01. The molecule has 1 aliphatic rings. The van der Waals surface area contributed by atoms with E-state index in [9.17, 15) is 0 Å². The molecule has 1 aromatic rings. The first-order valence-electron chi connectivity index (χ1n) is 7.46. The van der Waals surface area contributed by atoms with E-state index in [0.717, 1.165) is 24.2 Å². The van der Waals surface area contributed by atoms with Gasteiger partial charge < -0.3 is 5.32 Å². The van der Waals surface area contributed by atoms with Crippen molar-refractivity contribution in [1.82, 2.24) is 10.2 Å². The Morgan fingerprint density at radius 3 is 2.40 bits per heavy atom. The molecule has 4 nitrogen and oxygen atoms in total. The molecule has 20 heavy (non-hydrogen) atoms. The molecule has 0 aromatic carbocycles. The van der Waals surface area contributed by atoms with E-state index >= 15 is 0 Å². The summed E-state index contributed by atoms with van der Waals surface area (Å²) in [6, 6.07) is 5.50. The van der Waals surface area contributed by atoms with Gasteiger partial charge in [0.05, 0.1) is 0 Å². The Bertz CT molecular complexity index is 459. The highest BCUT2D eigenvalue weighted by Gasteiger charge is 2.29. The van der Waals surface area contributed by atoms with Crippen molar-refractivity contribution in [2.75, 3.05) is 11.9 Å². The zero-order valence-electron chi connectivity index (χ0n) is 12.7. The van der Waals surface area contributed by atoms with Gasteiger partial charge in [-0.2, -0.15) is 5.26 Å². The standard InChI is InChI=1S/C16H24N4/c1-16(2,3)13-6-4-12(5-7-13)11-18-15-9-8-14(10-17)19-20-15/h8-9,12-13H,4-7,11H2,1-3H3,(H,18,20). The molecule has 0 unspecified atom stereocenters. The van der Waals surface area contributed by atoms with Gasteiger partial charge in [0.25, 0.3) is 0 Å². The van der Waals surface area contributed by atoms with E-state index in [1.807, 2.05) is 12.1 Å². The van der Waals surface area contributed by atoms with Crippen molar-refractivity contribution in [2.24, 2.45) is 17.3 Å². The van der Waals surface area contributed by atoms with Crippen LogP contribution in [0.5, 0.6) is 0 Å². The molecule has 0 aliphatic heterocycles. The molecule has 1 aromatic heterocycles. The highest BCUT2D eigenvalue weighted by molar-refractivity contribution is 5.35. The third kappa shape index (κ3) is 3.93. The number of nitrogens with one attached hydrogen (secondary N) is 1. The molecule has 1 N–H and O–H groups in total. The van der Waals surface area contributed by atoms with Crippen LogP contribution in [-0.4, -0.2) is 16.7 Å². The molecule has 0 radical (unpaired) electrons. The van der Waals surface area contributed by atoms with Crippen LogP contribution in [0.4, 0.5) is 5.82 Å². The maximum Gasteiger partial charge on any atom is 0.163 e. The van der Waals surface area contributed by atoms with E-state index in [1.165, 1.54) is 25.7 Å². The van der Waals surface area contributed by atoms with Gasteiger partial charge in [-0.1, -0.05) is 20.8 Å². The van der Waals surface area contributed by atoms with Gasteiger partial charge in [-0.15, -0.1) is 10.2 Å². The molecule has 0 saturated heterocycles. The number of rotatable bonds is 3. The van der Waals surface area contributed by atoms with Gasteiger partial charge in [-0.05, 0) is 55.1 Å². The second-order valence-corrected chi connectivity index (χ2v) is 6.88. The van der Waals surface area contributed by atoms with Crippen LogP contribution in [0.2, 0.25) is 0 Å². The van der Waals surface area contributed by atoms with Crippen molar-refractivity contribution in [3.63, 3.8) is 0 Å². The lowest BCUT2D eigenvalue weighted by Crippen LogP contribution is -2.28. The zero-order valence-corrected chi connectivity index (χ0v) is 12.7. The van der Waals surface area contributed by atoms with Crippen molar-refractivity contribution in [3.05, 3.63) is 17.8 Å². The smallest absolute Gasteiger partial charge is 0.163 e. The third-order valence-electron chi connectivity index (χ3n) is 4.42. The maximum atomic E-state index is 8.68. The summed E-state index contributed by atoms with van der Waals surface area (Å²) in [6.07, 6.45) is 5.24. The molecule has 1 aliphatic carbocycles. The minimum absolute atomic E-state index is 0.362. The predicted molar refractivity (Wildman–Crippen MR) is 80.1 cm³/mol. The number of aromatic nitrogens is 2. The molecule has 1 heterocycles. The van der Waals surface area contributed by atoms with E-state index in [-0.39, 0.29) is 0 Å². The zero-order chi connectivity index (χ0) is 14.6. The fourth-order valence-corrected chi connectivity index (χ4v) is 2.97. The average molecular weight is 272 g/mol. The molecule has 1 saturated carbocycles. The SMILES string of the molecule is CC(C)(C)C1CCC(CNc2ccc(C#N)nn2)CC1. The fourth-order valence-electron chi connectivity index (χ4n) is 2.97. The lowest BCUT2D eigenvalue weighted by atomic mass is 9.70. The Morgan fingerprint density at radius 1 is 1.20 bits per heavy atom. The van der Waals surface area contributed by atoms with Gasteiger partial charge in [0, 0.05) is 6.54 Å². The minimum Gasteiger partial charge on any atom is -0.368 e. The van der Waals surface area contributed by atoms with Gasteiger partial charge in [-0.3, -0.25) is 0 Å². The second-order valence-electron chi connectivity index (χ2n) is 6.88. The lowest BCUT2D eigenvalue weighted by molar-refractivity contribution is 0.153. The summed E-state index contributed by atoms with van der Waals surface area (Å²) in [7, 11) is 0. The van der Waals surface area contributed by atoms with Crippen LogP contribution in [0.3, 0.4) is 0 Å². The summed E-state index contributed by atoms with van der Waals surface area (Å²) in [5, 5.41) is 19.9. The van der Waals surface area contributed by atoms with Crippen molar-refractivity contribution in [2.45, 2.75) is 46.5 Å². The summed E-state index contributed by atoms with van der Waals surface area (Å²) in [4.78, 5) is 0. The number of nitrogens with zero attached hydrogens (tertiary/aromatic N) is 3. The third-order valence-corrected chi connectivity index (χ3v) is 4.42. The predicted octanol–water partition coefficient (Wildman–Crippen LogP) is 3.61. The molecule has 4 heteroatoms. The maximum absolute atomic E-state index is 8.68. The first-order valence-corrected chi connectivity index (χ1v) is 7.46. The first kappa shape index (κ1) is 14.8. The van der Waals surface area contributed by atoms with Crippen LogP contribution < -0.4 is 5.32 Å². The molecule has 0 spiro atoms. The van der Waals surface area contributed by atoms with Crippen LogP contribution >= 0.6 is 0 Å². The van der Waals surface area contributed by atoms with Gasteiger partial charge in [-0.25, -0.2) is 0 Å². The monoisotopic (exact) mass is 272 g/mol. The van der Waals surface area contributed by atoms with E-state index < -0.39 is 0 Å². The van der Waals surface area contributed by atoms with Crippen molar-refractivity contribution in [1.29, 1.82) is 5.26 Å². The Kier molecular flexibility index (Phi) is 4.59. The lowest BCUT2D eigenvalue weighted by Gasteiger charge is -2.37. The molecule has 2 rings (SSSR count). The van der Waals surface area contributed by atoms with E-state index in [1.54, 1.807) is 6.07 Å². The molecule has 0 amide bonds. The van der Waals surface area contributed by atoms with Crippen LogP contribution in [-0.2, 0) is 0 Å². The van der Waals surface area contributed by atoms with Crippen LogP contribution in [0.15, 0.2) is 12.1 Å². The van der Waals surface area contributed by atoms with E-state index in [0.29, 0.717) is 11.1 Å². The molecule has 1 fully saturated rings. The Morgan fingerprint density at radius 2 is 1.90 bits per heavy atom.